The van der Waals surface area contributed by atoms with Gasteiger partial charge in [0, 0.05) is 43.7 Å². The lowest BCUT2D eigenvalue weighted by molar-refractivity contribution is 0.669. The summed E-state index contributed by atoms with van der Waals surface area (Å²) in [5, 5.41) is 9.69. The zero-order valence-corrected chi connectivity index (χ0v) is 29.8. The minimum Gasteiger partial charge on any atom is -0.456 e. The largest absolute Gasteiger partial charge is 0.456 e. The molecule has 0 aliphatic rings. The normalized spacial score (nSPS) is 12.0. The fraction of sp³-hybridized carbons (Fsp3) is 0. The van der Waals surface area contributed by atoms with Gasteiger partial charge in [0.1, 0.15) is 11.2 Å². The Morgan fingerprint density at radius 1 is 0.273 bits per heavy atom. The summed E-state index contributed by atoms with van der Waals surface area (Å²) in [5.74, 6) is 0. The van der Waals surface area contributed by atoms with E-state index in [2.05, 4.69) is 191 Å². The molecule has 12 rings (SSSR count). The molecule has 0 spiro atoms. The molecule has 256 valence electrons. The second-order valence-corrected chi connectivity index (χ2v) is 14.6. The van der Waals surface area contributed by atoms with E-state index in [1.165, 1.54) is 76.6 Å². The van der Waals surface area contributed by atoms with E-state index < -0.39 is 0 Å². The average molecular weight is 701 g/mol. The van der Waals surface area contributed by atoms with E-state index in [1.54, 1.807) is 0 Å². The molecule has 12 aromatic rings. The summed E-state index contributed by atoms with van der Waals surface area (Å²) in [6, 6.07) is 70.4. The van der Waals surface area contributed by atoms with Gasteiger partial charge in [0.25, 0.3) is 0 Å². The third-order valence-corrected chi connectivity index (χ3v) is 11.5. The third kappa shape index (κ3) is 4.57. The van der Waals surface area contributed by atoms with Gasteiger partial charge in [-0.3, -0.25) is 0 Å². The molecule has 3 aromatic heterocycles. The van der Waals surface area contributed by atoms with Gasteiger partial charge in [0.2, 0.25) is 0 Å². The quantitative estimate of drug-likeness (QED) is 0.179. The molecule has 0 atom stereocenters. The lowest BCUT2D eigenvalue weighted by Gasteiger charge is -2.10. The summed E-state index contributed by atoms with van der Waals surface area (Å²) in [6.45, 7) is 0. The van der Waals surface area contributed by atoms with Crippen molar-refractivity contribution < 1.29 is 4.42 Å². The topological polar surface area (TPSA) is 23.0 Å². The van der Waals surface area contributed by atoms with Crippen LogP contribution in [0.25, 0.3) is 110 Å². The summed E-state index contributed by atoms with van der Waals surface area (Å²) in [7, 11) is 0. The van der Waals surface area contributed by atoms with Crippen LogP contribution >= 0.6 is 0 Å². The molecule has 0 saturated heterocycles. The van der Waals surface area contributed by atoms with Crippen molar-refractivity contribution in [2.24, 2.45) is 0 Å². The molecule has 0 amide bonds. The van der Waals surface area contributed by atoms with E-state index in [9.17, 15) is 0 Å². The van der Waals surface area contributed by atoms with Crippen molar-refractivity contribution in [2.45, 2.75) is 0 Å². The first kappa shape index (κ1) is 30.1. The van der Waals surface area contributed by atoms with Crippen molar-refractivity contribution in [1.82, 2.24) is 9.13 Å². The summed E-state index contributed by atoms with van der Waals surface area (Å²) < 4.78 is 11.1. The highest BCUT2D eigenvalue weighted by molar-refractivity contribution is 6.16. The lowest BCUT2D eigenvalue weighted by atomic mass is 9.99. The number of aromatic nitrogens is 2. The Balaban J connectivity index is 1.09. The standard InChI is InChI=1S/C52H32N2O/c1-3-11-33(12-4-1)38-19-23-41-43-28-36(20-24-47(43)54(49(41)31-38)40-22-26-52-46(32-40)42-17-9-10-18-51(42)55-52)37-21-25-48-44(29-37)45-27-34-13-7-8-14-35(34)30-50(45)53(48)39-15-5-2-6-16-39/h1-32H. The number of furan rings is 1. The minimum atomic E-state index is 0.898. The summed E-state index contributed by atoms with van der Waals surface area (Å²) in [5.41, 5.74) is 13.6. The van der Waals surface area contributed by atoms with Gasteiger partial charge in [-0.2, -0.15) is 0 Å². The van der Waals surface area contributed by atoms with Crippen molar-refractivity contribution in [1.29, 1.82) is 0 Å². The van der Waals surface area contributed by atoms with Crippen LogP contribution < -0.4 is 0 Å². The Bertz CT molecular complexity index is 3470. The number of fused-ring (bicyclic) bond motifs is 10. The maximum atomic E-state index is 6.24. The van der Waals surface area contributed by atoms with Gasteiger partial charge in [-0.25, -0.2) is 0 Å². The van der Waals surface area contributed by atoms with Crippen molar-refractivity contribution >= 4 is 76.3 Å². The van der Waals surface area contributed by atoms with Gasteiger partial charge < -0.3 is 13.6 Å². The number of para-hydroxylation sites is 2. The fourth-order valence-electron chi connectivity index (χ4n) is 8.88. The van der Waals surface area contributed by atoms with Crippen molar-refractivity contribution in [2.75, 3.05) is 0 Å². The van der Waals surface area contributed by atoms with Gasteiger partial charge in [0.15, 0.2) is 0 Å². The van der Waals surface area contributed by atoms with Gasteiger partial charge in [-0.05, 0) is 112 Å². The van der Waals surface area contributed by atoms with Crippen LogP contribution in [-0.4, -0.2) is 9.13 Å². The van der Waals surface area contributed by atoms with Crippen LogP contribution in [0.1, 0.15) is 0 Å². The molecule has 0 aliphatic carbocycles. The van der Waals surface area contributed by atoms with E-state index >= 15 is 0 Å². The molecule has 3 heterocycles. The molecule has 3 nitrogen and oxygen atoms in total. The Hall–Kier alpha value is -7.36. The molecular formula is C52H32N2O. The highest BCUT2D eigenvalue weighted by atomic mass is 16.3. The Morgan fingerprint density at radius 3 is 1.62 bits per heavy atom. The van der Waals surface area contributed by atoms with Crippen LogP contribution in [0.5, 0.6) is 0 Å². The molecule has 3 heteroatoms. The van der Waals surface area contributed by atoms with Crippen LogP contribution in [-0.2, 0) is 0 Å². The number of hydrogen-bond acceptors (Lipinski definition) is 1. The number of hydrogen-bond donors (Lipinski definition) is 0. The Labute approximate surface area is 316 Å². The van der Waals surface area contributed by atoms with E-state index in [1.807, 2.05) is 12.1 Å². The average Bonchev–Trinajstić information content (AvgIpc) is 3.89. The maximum absolute atomic E-state index is 6.24. The number of rotatable bonds is 4. The minimum absolute atomic E-state index is 0.898. The van der Waals surface area contributed by atoms with Crippen molar-refractivity contribution in [3.05, 3.63) is 194 Å². The van der Waals surface area contributed by atoms with Crippen LogP contribution in [0.4, 0.5) is 0 Å². The highest BCUT2D eigenvalue weighted by Crippen LogP contribution is 2.41. The first-order valence-electron chi connectivity index (χ1n) is 18.8. The molecule has 0 fully saturated rings. The fourth-order valence-corrected chi connectivity index (χ4v) is 8.88. The van der Waals surface area contributed by atoms with Crippen LogP contribution in [0, 0.1) is 0 Å². The van der Waals surface area contributed by atoms with Gasteiger partial charge in [-0.1, -0.05) is 115 Å². The lowest BCUT2D eigenvalue weighted by Crippen LogP contribution is -1.94. The molecular weight excluding hydrogens is 669 g/mol. The monoisotopic (exact) mass is 700 g/mol. The second kappa shape index (κ2) is 11.6. The number of benzene rings is 9. The zero-order chi connectivity index (χ0) is 36.0. The first-order valence-corrected chi connectivity index (χ1v) is 18.8. The predicted molar refractivity (Wildman–Crippen MR) is 231 cm³/mol. The van der Waals surface area contributed by atoms with Crippen LogP contribution in [0.15, 0.2) is 199 Å². The van der Waals surface area contributed by atoms with E-state index in [4.69, 9.17) is 4.42 Å². The first-order chi connectivity index (χ1) is 27.2. The molecule has 0 aliphatic heterocycles. The van der Waals surface area contributed by atoms with Crippen LogP contribution in [0.2, 0.25) is 0 Å². The predicted octanol–water partition coefficient (Wildman–Crippen LogP) is 14.3. The molecule has 0 unspecified atom stereocenters. The molecule has 0 radical (unpaired) electrons. The van der Waals surface area contributed by atoms with Gasteiger partial charge in [-0.15, -0.1) is 0 Å². The smallest absolute Gasteiger partial charge is 0.135 e. The maximum Gasteiger partial charge on any atom is 0.135 e. The van der Waals surface area contributed by atoms with Gasteiger partial charge in [0.05, 0.1) is 22.1 Å². The van der Waals surface area contributed by atoms with E-state index in [0.29, 0.717) is 0 Å². The summed E-state index contributed by atoms with van der Waals surface area (Å²) in [6.07, 6.45) is 0. The van der Waals surface area contributed by atoms with Gasteiger partial charge >= 0.3 is 0 Å². The molecule has 0 N–H and O–H groups in total. The molecule has 0 bridgehead atoms. The molecule has 9 aromatic carbocycles. The second-order valence-electron chi connectivity index (χ2n) is 14.6. The number of nitrogens with zero attached hydrogens (tertiary/aromatic N) is 2. The van der Waals surface area contributed by atoms with E-state index in [-0.39, 0.29) is 0 Å². The Morgan fingerprint density at radius 2 is 0.836 bits per heavy atom. The summed E-state index contributed by atoms with van der Waals surface area (Å²) in [4.78, 5) is 0. The summed E-state index contributed by atoms with van der Waals surface area (Å²) >= 11 is 0. The zero-order valence-electron chi connectivity index (χ0n) is 29.8. The molecule has 0 saturated carbocycles. The van der Waals surface area contributed by atoms with E-state index in [0.717, 1.165) is 33.3 Å². The molecule has 55 heavy (non-hydrogen) atoms. The highest BCUT2D eigenvalue weighted by Gasteiger charge is 2.18. The Kier molecular flexibility index (Phi) is 6.34. The van der Waals surface area contributed by atoms with Crippen molar-refractivity contribution in [3.8, 4) is 33.6 Å². The van der Waals surface area contributed by atoms with Crippen molar-refractivity contribution in [3.63, 3.8) is 0 Å². The third-order valence-electron chi connectivity index (χ3n) is 11.5. The SMILES string of the molecule is c1ccc(-c2ccc3c4cc(-c5ccc6c(c5)c5cc7ccccc7cc5n6-c5ccccc5)ccc4n(-c4ccc5oc6ccccc6c5c4)c3c2)cc1. The van der Waals surface area contributed by atoms with Crippen LogP contribution in [0.3, 0.4) is 0 Å².